The molecule has 1 atom stereocenters. The molecule has 302 valence electrons. The van der Waals surface area contributed by atoms with Gasteiger partial charge in [0.05, 0.1) is 16.7 Å². The lowest BCUT2D eigenvalue weighted by atomic mass is 9.59. The Kier molecular flexibility index (Phi) is 10.5. The van der Waals surface area contributed by atoms with Crippen LogP contribution in [0.25, 0.3) is 11.0 Å². The van der Waals surface area contributed by atoms with E-state index in [1.165, 1.54) is 61.9 Å². The molecule has 2 saturated carbocycles. The predicted octanol–water partition coefficient (Wildman–Crippen LogP) is 9.07. The van der Waals surface area contributed by atoms with Gasteiger partial charge in [-0.25, -0.2) is 4.98 Å². The lowest BCUT2D eigenvalue weighted by molar-refractivity contribution is -0.384. The Balaban J connectivity index is 0.895. The highest BCUT2D eigenvalue weighted by Crippen LogP contribution is 2.53. The molecule has 4 aliphatic rings. The van der Waals surface area contributed by atoms with Gasteiger partial charge in [-0.05, 0) is 109 Å². The smallest absolute Gasteiger partial charge is 0.293 e. The van der Waals surface area contributed by atoms with Gasteiger partial charge in [-0.2, -0.15) is 0 Å². The van der Waals surface area contributed by atoms with Crippen molar-refractivity contribution in [1.82, 2.24) is 24.5 Å². The number of rotatable bonds is 11. The maximum atomic E-state index is 13.7. The van der Waals surface area contributed by atoms with E-state index in [0.29, 0.717) is 45.4 Å². The number of fused-ring (bicyclic) bond motifs is 1. The summed E-state index contributed by atoms with van der Waals surface area (Å²) < 4.78 is 9.26. The molecule has 1 amide bonds. The molecule has 1 unspecified atom stereocenters. The fourth-order valence-electron chi connectivity index (χ4n) is 9.77. The van der Waals surface area contributed by atoms with Gasteiger partial charge in [0.25, 0.3) is 11.6 Å². The third-order valence-corrected chi connectivity index (χ3v) is 14.1. The molecule has 5 aromatic rings. The lowest BCUT2D eigenvalue weighted by Gasteiger charge is -2.59. The highest BCUT2D eigenvalue weighted by atomic mass is 32.2. The Morgan fingerprint density at radius 2 is 1.83 bits per heavy atom. The number of ether oxygens (including phenoxy) is 1. The van der Waals surface area contributed by atoms with Crippen LogP contribution in [0.4, 0.5) is 17.1 Å². The van der Waals surface area contributed by atoms with E-state index >= 15 is 0 Å². The number of hydrogen-bond acceptors (Lipinski definition) is 10. The molecule has 3 aromatic carbocycles. The molecule has 12 nitrogen and oxygen atoms in total. The van der Waals surface area contributed by atoms with Gasteiger partial charge < -0.3 is 20.4 Å². The zero-order chi connectivity index (χ0) is 40.0. The van der Waals surface area contributed by atoms with E-state index < -0.39 is 4.92 Å². The Morgan fingerprint density at radius 3 is 2.59 bits per heavy atom. The number of nitro benzene ring substituents is 1. The molecule has 13 heteroatoms. The molecular weight excluding hydrogens is 749 g/mol. The summed E-state index contributed by atoms with van der Waals surface area (Å²) in [6, 6.07) is 25.0. The minimum absolute atomic E-state index is 0.0649. The van der Waals surface area contributed by atoms with Crippen LogP contribution in [0.1, 0.15) is 92.2 Å². The number of aromatic nitrogens is 2. The van der Waals surface area contributed by atoms with Crippen molar-refractivity contribution in [3.63, 3.8) is 0 Å². The number of piperazine rings is 1. The summed E-state index contributed by atoms with van der Waals surface area (Å²) in [7, 11) is 0. The molecule has 0 radical (unpaired) electrons. The van der Waals surface area contributed by atoms with Gasteiger partial charge in [-0.1, -0.05) is 44.5 Å². The predicted molar refractivity (Wildman–Crippen MR) is 230 cm³/mol. The number of piperidine rings is 1. The summed E-state index contributed by atoms with van der Waals surface area (Å²) in [5.41, 5.74) is 11.1. The van der Waals surface area contributed by atoms with Gasteiger partial charge in [0.2, 0.25) is 0 Å². The van der Waals surface area contributed by atoms with Crippen LogP contribution in [-0.4, -0.2) is 75.4 Å². The summed E-state index contributed by atoms with van der Waals surface area (Å²) in [6.45, 7) is 10.0. The zero-order valence-corrected chi connectivity index (χ0v) is 34.0. The van der Waals surface area contributed by atoms with Crippen molar-refractivity contribution in [2.24, 2.45) is 5.41 Å². The number of carbonyl (C=O) groups is 1. The van der Waals surface area contributed by atoms with Crippen LogP contribution in [0, 0.1) is 15.5 Å². The second-order valence-electron chi connectivity index (χ2n) is 17.0. The Bertz CT molecular complexity index is 2310. The van der Waals surface area contributed by atoms with Gasteiger partial charge in [-0.15, -0.1) is 0 Å². The minimum Gasteiger partial charge on any atom is -0.455 e. The molecule has 4 N–H and O–H groups in total. The number of H-pyrrole nitrogens is 1. The molecule has 2 aromatic heterocycles. The fourth-order valence-corrected chi connectivity index (χ4v) is 10.4. The Hall–Kier alpha value is -5.11. The van der Waals surface area contributed by atoms with Crippen molar-refractivity contribution in [3.05, 3.63) is 112 Å². The summed E-state index contributed by atoms with van der Waals surface area (Å²) in [6.07, 6.45) is 12.3. The highest BCUT2D eigenvalue weighted by molar-refractivity contribution is 7.98. The average molecular weight is 801 g/mol. The number of carbonyl (C=O) groups excluding carboxylic acids is 1. The average Bonchev–Trinajstić information content (AvgIpc) is 3.67. The van der Waals surface area contributed by atoms with Crippen LogP contribution in [0.2, 0.25) is 0 Å². The Labute approximate surface area is 343 Å². The summed E-state index contributed by atoms with van der Waals surface area (Å²) >= 11 is 0.990. The van der Waals surface area contributed by atoms with Crippen molar-refractivity contribution in [2.45, 2.75) is 87.7 Å². The highest BCUT2D eigenvalue weighted by Gasteiger charge is 2.50. The number of nitrogen functional groups attached to an aromatic ring is 1. The molecule has 0 bridgehead atoms. The standard InChI is InChI=1S/C45H52N8O4S/c1-29(2)36-8-3-4-9-37(36)41-28-51(31-6-5-7-31)20-21-52(41)33-25-45(26-33)15-18-50(19-16-45)32-10-12-38(42(23-32)57-34-22-30-14-17-47-43(30)48-27-34)44(54)49-58-35-11-13-39(46)40(24-35)53(55)56/h3-4,8-14,17,22-24,27,29,31,33,41H,5-7,15-16,18-21,25-26,28,46H2,1-2H3,(H,47,48)(H,49,54). The van der Waals surface area contributed by atoms with Crippen molar-refractivity contribution in [1.29, 1.82) is 0 Å². The monoisotopic (exact) mass is 800 g/mol. The fraction of sp³-hybridized carbons (Fsp3) is 0.422. The molecule has 2 saturated heterocycles. The van der Waals surface area contributed by atoms with E-state index in [4.69, 9.17) is 10.5 Å². The largest absolute Gasteiger partial charge is 0.455 e. The number of nitrogens with two attached hydrogens (primary N) is 1. The van der Waals surface area contributed by atoms with Crippen molar-refractivity contribution >= 4 is 46.0 Å². The van der Waals surface area contributed by atoms with E-state index in [1.807, 2.05) is 30.5 Å². The number of hydrogen-bond donors (Lipinski definition) is 3. The van der Waals surface area contributed by atoms with Gasteiger partial charge in [-0.3, -0.25) is 29.4 Å². The lowest BCUT2D eigenvalue weighted by Crippen LogP contribution is -2.61. The number of amides is 1. The van der Waals surface area contributed by atoms with Gasteiger partial charge >= 0.3 is 0 Å². The maximum Gasteiger partial charge on any atom is 0.293 e. The third kappa shape index (κ3) is 7.62. The molecule has 1 spiro atoms. The number of aromatic amines is 1. The van der Waals surface area contributed by atoms with Gasteiger partial charge in [0.15, 0.2) is 0 Å². The Morgan fingerprint density at radius 1 is 1.02 bits per heavy atom. The topological polar surface area (TPSA) is 146 Å². The van der Waals surface area contributed by atoms with Crippen LogP contribution in [0.3, 0.4) is 0 Å². The molecule has 4 fully saturated rings. The first-order valence-electron chi connectivity index (χ1n) is 20.7. The molecule has 2 aliphatic heterocycles. The number of nitrogens with one attached hydrogen (secondary N) is 2. The minimum atomic E-state index is -0.534. The zero-order valence-electron chi connectivity index (χ0n) is 33.2. The second-order valence-corrected chi connectivity index (χ2v) is 17.9. The number of nitro groups is 1. The summed E-state index contributed by atoms with van der Waals surface area (Å²) in [5.74, 6) is 1.04. The van der Waals surface area contributed by atoms with Crippen LogP contribution in [-0.2, 0) is 0 Å². The van der Waals surface area contributed by atoms with Crippen LogP contribution in [0.15, 0.2) is 90.1 Å². The first-order valence-corrected chi connectivity index (χ1v) is 21.5. The van der Waals surface area contributed by atoms with Crippen molar-refractivity contribution < 1.29 is 14.5 Å². The maximum absolute atomic E-state index is 13.7. The van der Waals surface area contributed by atoms with Crippen LogP contribution < -0.4 is 20.1 Å². The molecule has 2 aliphatic carbocycles. The number of pyridine rings is 1. The van der Waals surface area contributed by atoms with Gasteiger partial charge in [0, 0.05) is 85.1 Å². The first kappa shape index (κ1) is 38.4. The summed E-state index contributed by atoms with van der Waals surface area (Å²) in [5, 5.41) is 12.3. The summed E-state index contributed by atoms with van der Waals surface area (Å²) in [4.78, 5) is 40.8. The molecule has 9 rings (SSSR count). The number of nitrogens with zero attached hydrogens (tertiary/aromatic N) is 5. The van der Waals surface area contributed by atoms with E-state index in [1.54, 1.807) is 18.3 Å². The molecular formula is C45H52N8O4S. The quantitative estimate of drug-likeness (QED) is 0.0512. The second kappa shape index (κ2) is 15.9. The number of anilines is 2. The van der Waals surface area contributed by atoms with Crippen LogP contribution >= 0.6 is 11.9 Å². The van der Waals surface area contributed by atoms with E-state index in [0.717, 1.165) is 73.7 Å². The van der Waals surface area contributed by atoms with Crippen molar-refractivity contribution in [2.75, 3.05) is 43.4 Å². The SMILES string of the molecule is CC(C)c1ccccc1C1CN(C2CCC2)CCN1C1CC2(CCN(c3ccc(C(=O)NSc4ccc(N)c([N+](=O)[O-])c4)c(Oc4cnc5[nH]ccc5c4)c3)CC2)C1. The third-order valence-electron chi connectivity index (χ3n) is 13.3. The van der Waals surface area contributed by atoms with E-state index in [9.17, 15) is 14.9 Å². The molecule has 58 heavy (non-hydrogen) atoms. The van der Waals surface area contributed by atoms with Crippen LogP contribution in [0.5, 0.6) is 11.5 Å². The first-order chi connectivity index (χ1) is 28.1. The normalized spacial score (nSPS) is 20.3. The molecule has 4 heterocycles. The van der Waals surface area contributed by atoms with Crippen molar-refractivity contribution in [3.8, 4) is 11.5 Å². The van der Waals surface area contributed by atoms with E-state index in [-0.39, 0.29) is 17.3 Å². The van der Waals surface area contributed by atoms with Gasteiger partial charge in [0.1, 0.15) is 22.8 Å². The number of benzene rings is 3. The van der Waals surface area contributed by atoms with E-state index in [2.05, 4.69) is 67.5 Å².